The Labute approximate surface area is 116 Å². The van der Waals surface area contributed by atoms with Gasteiger partial charge in [-0.2, -0.15) is 0 Å². The van der Waals surface area contributed by atoms with Crippen LogP contribution in [0.1, 0.15) is 36.1 Å². The highest BCUT2D eigenvalue weighted by Gasteiger charge is 2.16. The summed E-state index contributed by atoms with van der Waals surface area (Å²) in [6.07, 6.45) is 6.05. The summed E-state index contributed by atoms with van der Waals surface area (Å²) in [7, 11) is 1.72. The minimum Gasteiger partial charge on any atom is -0.385 e. The van der Waals surface area contributed by atoms with Gasteiger partial charge in [-0.3, -0.25) is 4.79 Å². The Hall–Kier alpha value is -2.57. The van der Waals surface area contributed by atoms with Crippen molar-refractivity contribution < 1.29 is 4.79 Å². The molecule has 7 heteroatoms. The van der Waals surface area contributed by atoms with Gasteiger partial charge in [0, 0.05) is 13.0 Å². The molecule has 0 bridgehead atoms. The molecule has 0 aliphatic carbocycles. The Bertz CT molecular complexity index is 599. The van der Waals surface area contributed by atoms with Crippen LogP contribution in [0.2, 0.25) is 0 Å². The predicted octanol–water partition coefficient (Wildman–Crippen LogP) is 1.68. The van der Waals surface area contributed by atoms with Gasteiger partial charge in [0.15, 0.2) is 5.69 Å². The number of carbonyl (C=O) groups is 1. The molecule has 2 aromatic rings. The summed E-state index contributed by atoms with van der Waals surface area (Å²) >= 11 is 0. The third-order valence-electron chi connectivity index (χ3n) is 2.63. The topological polar surface area (TPSA) is 92.7 Å². The van der Waals surface area contributed by atoms with Crippen LogP contribution in [-0.4, -0.2) is 32.9 Å². The van der Waals surface area contributed by atoms with Crippen LogP contribution in [0.25, 0.3) is 0 Å². The third-order valence-corrected chi connectivity index (χ3v) is 2.63. The maximum atomic E-state index is 12.3. The van der Waals surface area contributed by atoms with Crippen molar-refractivity contribution in [3.63, 3.8) is 0 Å². The molecule has 0 aliphatic heterocycles. The van der Waals surface area contributed by atoms with E-state index >= 15 is 0 Å². The summed E-state index contributed by atoms with van der Waals surface area (Å²) in [5, 5.41) is 5.62. The molecule has 2 rings (SSSR count). The number of hydrogen-bond donors (Lipinski definition) is 2. The largest absolute Gasteiger partial charge is 0.385 e. The summed E-state index contributed by atoms with van der Waals surface area (Å²) in [4.78, 5) is 28.5. The molecule has 0 unspecified atom stereocenters. The fourth-order valence-electron chi connectivity index (χ4n) is 1.58. The van der Waals surface area contributed by atoms with Gasteiger partial charge >= 0.3 is 0 Å². The number of hydrogen-bond acceptors (Lipinski definition) is 6. The van der Waals surface area contributed by atoms with Gasteiger partial charge in [0.2, 0.25) is 0 Å². The maximum Gasteiger partial charge on any atom is 0.276 e. The maximum absolute atomic E-state index is 12.3. The number of nitrogens with zero attached hydrogens (tertiary/aromatic N) is 4. The van der Waals surface area contributed by atoms with Gasteiger partial charge < -0.3 is 10.6 Å². The second kappa shape index (κ2) is 6.05. The van der Waals surface area contributed by atoms with Crippen molar-refractivity contribution in [2.75, 3.05) is 17.7 Å². The van der Waals surface area contributed by atoms with Crippen LogP contribution >= 0.6 is 0 Å². The molecule has 0 fully saturated rings. The number of aromatic nitrogens is 4. The van der Waals surface area contributed by atoms with E-state index in [4.69, 9.17) is 0 Å². The van der Waals surface area contributed by atoms with Crippen molar-refractivity contribution in [2.45, 2.75) is 19.8 Å². The molecule has 20 heavy (non-hydrogen) atoms. The first-order valence-corrected chi connectivity index (χ1v) is 6.23. The summed E-state index contributed by atoms with van der Waals surface area (Å²) in [6.45, 7) is 3.95. The van der Waals surface area contributed by atoms with Crippen LogP contribution in [0.3, 0.4) is 0 Å². The molecule has 2 heterocycles. The number of amides is 1. The third kappa shape index (κ3) is 3.05. The van der Waals surface area contributed by atoms with E-state index in [0.717, 1.165) is 0 Å². The van der Waals surface area contributed by atoms with Gasteiger partial charge in [0.1, 0.15) is 12.2 Å². The zero-order valence-corrected chi connectivity index (χ0v) is 11.6. The fraction of sp³-hybridized carbons (Fsp3) is 0.308. The number of rotatable bonds is 4. The minimum absolute atomic E-state index is 0.146. The molecule has 0 radical (unpaired) electrons. The van der Waals surface area contributed by atoms with Crippen molar-refractivity contribution >= 4 is 17.3 Å². The van der Waals surface area contributed by atoms with Crippen LogP contribution in [-0.2, 0) is 0 Å². The first-order chi connectivity index (χ1) is 9.61. The van der Waals surface area contributed by atoms with Crippen LogP contribution < -0.4 is 10.6 Å². The van der Waals surface area contributed by atoms with Crippen molar-refractivity contribution in [3.05, 3.63) is 36.4 Å². The number of carbonyl (C=O) groups excluding carboxylic acids is 1. The van der Waals surface area contributed by atoms with Gasteiger partial charge in [-0.25, -0.2) is 19.9 Å². The second-order valence-corrected chi connectivity index (χ2v) is 4.48. The van der Waals surface area contributed by atoms with Gasteiger partial charge in [-0.05, 0) is 0 Å². The molecule has 0 atom stereocenters. The summed E-state index contributed by atoms with van der Waals surface area (Å²) < 4.78 is 0. The highest BCUT2D eigenvalue weighted by molar-refractivity contribution is 6.06. The molecule has 0 aromatic carbocycles. The van der Waals surface area contributed by atoms with Crippen molar-refractivity contribution in [1.82, 2.24) is 19.9 Å². The predicted molar refractivity (Wildman–Crippen MR) is 75.7 cm³/mol. The molecule has 1 amide bonds. The number of anilines is 2. The monoisotopic (exact) mass is 272 g/mol. The lowest BCUT2D eigenvalue weighted by atomic mass is 10.2. The van der Waals surface area contributed by atoms with E-state index < -0.39 is 0 Å². The normalized spacial score (nSPS) is 10.4. The average molecular weight is 272 g/mol. The Morgan fingerprint density at radius 2 is 1.90 bits per heavy atom. The standard InChI is InChI=1S/C13H16N6O/c1-8(2)12-17-6-10(14-3)11(19-12)13(20)18-9-4-15-7-16-5-9/h4-8,14H,1-3H3,(H,18,20). The summed E-state index contributed by atoms with van der Waals surface area (Å²) in [5.74, 6) is 0.444. The molecule has 7 nitrogen and oxygen atoms in total. The van der Waals surface area contributed by atoms with E-state index in [2.05, 4.69) is 30.6 Å². The SMILES string of the molecule is CNc1cnc(C(C)C)nc1C(=O)Nc1cncnc1. The zero-order chi connectivity index (χ0) is 14.5. The smallest absolute Gasteiger partial charge is 0.276 e. The van der Waals surface area contributed by atoms with Crippen molar-refractivity contribution in [3.8, 4) is 0 Å². The Kier molecular flexibility index (Phi) is 4.19. The van der Waals surface area contributed by atoms with Gasteiger partial charge in [-0.15, -0.1) is 0 Å². The van der Waals surface area contributed by atoms with Gasteiger partial charge in [-0.1, -0.05) is 13.8 Å². The molecule has 0 saturated heterocycles. The first-order valence-electron chi connectivity index (χ1n) is 6.23. The Morgan fingerprint density at radius 1 is 1.20 bits per heavy atom. The second-order valence-electron chi connectivity index (χ2n) is 4.48. The van der Waals surface area contributed by atoms with Crippen LogP contribution in [0.15, 0.2) is 24.9 Å². The molecular weight excluding hydrogens is 256 g/mol. The van der Waals surface area contributed by atoms with Crippen molar-refractivity contribution in [1.29, 1.82) is 0 Å². The molecule has 0 spiro atoms. The van der Waals surface area contributed by atoms with E-state index in [1.807, 2.05) is 13.8 Å². The quantitative estimate of drug-likeness (QED) is 0.879. The van der Waals surface area contributed by atoms with E-state index in [0.29, 0.717) is 22.9 Å². The lowest BCUT2D eigenvalue weighted by Gasteiger charge is -2.11. The van der Waals surface area contributed by atoms with E-state index in [-0.39, 0.29) is 11.8 Å². The highest BCUT2D eigenvalue weighted by atomic mass is 16.1. The summed E-state index contributed by atoms with van der Waals surface area (Å²) in [5.41, 5.74) is 1.39. The first kappa shape index (κ1) is 13.9. The Balaban J connectivity index is 2.30. The van der Waals surface area contributed by atoms with Gasteiger partial charge in [0.05, 0.1) is 30.0 Å². The van der Waals surface area contributed by atoms with Crippen LogP contribution in [0, 0.1) is 0 Å². The minimum atomic E-state index is -0.326. The summed E-state index contributed by atoms with van der Waals surface area (Å²) in [6, 6.07) is 0. The van der Waals surface area contributed by atoms with Gasteiger partial charge in [0.25, 0.3) is 5.91 Å². The molecule has 0 aliphatic rings. The van der Waals surface area contributed by atoms with E-state index in [1.54, 1.807) is 13.2 Å². The molecule has 2 aromatic heterocycles. The number of nitrogens with one attached hydrogen (secondary N) is 2. The lowest BCUT2D eigenvalue weighted by molar-refractivity contribution is 0.102. The molecule has 2 N–H and O–H groups in total. The fourth-order valence-corrected chi connectivity index (χ4v) is 1.58. The average Bonchev–Trinajstić information content (AvgIpc) is 2.47. The lowest BCUT2D eigenvalue weighted by Crippen LogP contribution is -2.18. The molecular formula is C13H16N6O. The highest BCUT2D eigenvalue weighted by Crippen LogP contribution is 2.17. The zero-order valence-electron chi connectivity index (χ0n) is 11.6. The van der Waals surface area contributed by atoms with Crippen molar-refractivity contribution in [2.24, 2.45) is 0 Å². The van der Waals surface area contributed by atoms with E-state index in [9.17, 15) is 4.79 Å². The van der Waals surface area contributed by atoms with Crippen LogP contribution in [0.5, 0.6) is 0 Å². The van der Waals surface area contributed by atoms with E-state index in [1.165, 1.54) is 18.7 Å². The molecule has 104 valence electrons. The Morgan fingerprint density at radius 3 is 2.50 bits per heavy atom. The molecule has 0 saturated carbocycles. The van der Waals surface area contributed by atoms with Crippen LogP contribution in [0.4, 0.5) is 11.4 Å².